The van der Waals surface area contributed by atoms with Crippen molar-refractivity contribution in [3.05, 3.63) is 30.1 Å². The van der Waals surface area contributed by atoms with Crippen molar-refractivity contribution in [1.82, 2.24) is 15.2 Å². The molecule has 2 heterocycles. The van der Waals surface area contributed by atoms with E-state index in [0.29, 0.717) is 0 Å². The maximum absolute atomic E-state index is 4.13. The highest BCUT2D eigenvalue weighted by atomic mass is 15.1. The summed E-state index contributed by atoms with van der Waals surface area (Å²) < 4.78 is 0. The summed E-state index contributed by atoms with van der Waals surface area (Å²) >= 11 is 0. The average Bonchev–Trinajstić information content (AvgIpc) is 2.48. The lowest BCUT2D eigenvalue weighted by Crippen LogP contribution is -2.27. The quantitative estimate of drug-likeness (QED) is 0.752. The third kappa shape index (κ3) is 2.79. The lowest BCUT2D eigenvalue weighted by Gasteiger charge is -2.18. The van der Waals surface area contributed by atoms with Crippen molar-refractivity contribution >= 4 is 0 Å². The number of hydrogen-bond donors (Lipinski definition) is 1. The topological polar surface area (TPSA) is 28.2 Å². The molecule has 0 spiro atoms. The maximum Gasteiger partial charge on any atom is 0.0312 e. The van der Waals surface area contributed by atoms with Crippen LogP contribution < -0.4 is 5.32 Å². The molecule has 0 saturated carbocycles. The predicted molar refractivity (Wildman–Crippen MR) is 57.0 cm³/mol. The fraction of sp³-hybridized carbons (Fsp3) is 0.545. The molecule has 0 aliphatic carbocycles. The van der Waals surface area contributed by atoms with Gasteiger partial charge in [0.2, 0.25) is 0 Å². The summed E-state index contributed by atoms with van der Waals surface area (Å²) in [6, 6.07) is 4.15. The Morgan fingerprint density at radius 1 is 1.36 bits per heavy atom. The first-order valence-corrected chi connectivity index (χ1v) is 5.27. The van der Waals surface area contributed by atoms with Crippen LogP contribution in [0.1, 0.15) is 12.0 Å². The van der Waals surface area contributed by atoms with Crippen molar-refractivity contribution < 1.29 is 0 Å². The zero-order valence-electron chi connectivity index (χ0n) is 8.45. The molecule has 0 amide bonds. The molecule has 0 unspecified atom stereocenters. The minimum atomic E-state index is 1.04. The van der Waals surface area contributed by atoms with Crippen LogP contribution in [0.25, 0.3) is 0 Å². The molecule has 1 aliphatic rings. The smallest absolute Gasteiger partial charge is 0.0312 e. The van der Waals surface area contributed by atoms with Crippen molar-refractivity contribution in [2.45, 2.75) is 13.0 Å². The van der Waals surface area contributed by atoms with Gasteiger partial charge in [0.05, 0.1) is 0 Å². The van der Waals surface area contributed by atoms with E-state index in [2.05, 4.69) is 21.3 Å². The molecule has 3 heteroatoms. The maximum atomic E-state index is 4.13. The summed E-state index contributed by atoms with van der Waals surface area (Å²) in [4.78, 5) is 6.61. The molecule has 0 atom stereocenters. The van der Waals surface area contributed by atoms with Crippen LogP contribution in [0.2, 0.25) is 0 Å². The third-order valence-corrected chi connectivity index (χ3v) is 2.56. The van der Waals surface area contributed by atoms with E-state index in [4.69, 9.17) is 0 Å². The molecule has 1 aromatic rings. The standard InChI is InChI=1S/C11H17N3/c1-3-11(9-13-4-1)10-14-7-2-5-12-6-8-14/h1,3-4,9,12H,2,5-8,10H2. The van der Waals surface area contributed by atoms with Gasteiger partial charge in [0, 0.05) is 32.0 Å². The Kier molecular flexibility index (Phi) is 3.49. The summed E-state index contributed by atoms with van der Waals surface area (Å²) in [6.45, 7) is 5.65. The molecular formula is C11H17N3. The Morgan fingerprint density at radius 3 is 3.21 bits per heavy atom. The van der Waals surface area contributed by atoms with Gasteiger partial charge in [-0.25, -0.2) is 0 Å². The van der Waals surface area contributed by atoms with Crippen molar-refractivity contribution in [1.29, 1.82) is 0 Å². The van der Waals surface area contributed by atoms with Crippen molar-refractivity contribution in [3.63, 3.8) is 0 Å². The fourth-order valence-corrected chi connectivity index (χ4v) is 1.81. The molecule has 1 saturated heterocycles. The van der Waals surface area contributed by atoms with Crippen molar-refractivity contribution in [2.24, 2.45) is 0 Å². The van der Waals surface area contributed by atoms with E-state index in [9.17, 15) is 0 Å². The monoisotopic (exact) mass is 191 g/mol. The number of aromatic nitrogens is 1. The van der Waals surface area contributed by atoms with Gasteiger partial charge in [-0.1, -0.05) is 6.07 Å². The molecule has 2 rings (SSSR count). The summed E-state index contributed by atoms with van der Waals surface area (Å²) in [5.74, 6) is 0. The van der Waals surface area contributed by atoms with Crippen LogP contribution in [0.15, 0.2) is 24.5 Å². The van der Waals surface area contributed by atoms with Gasteiger partial charge in [-0.15, -0.1) is 0 Å². The van der Waals surface area contributed by atoms with Gasteiger partial charge >= 0.3 is 0 Å². The lowest BCUT2D eigenvalue weighted by atomic mass is 10.2. The minimum Gasteiger partial charge on any atom is -0.315 e. The molecule has 3 nitrogen and oxygen atoms in total. The SMILES string of the molecule is c1cncc(CN2CCCNCC2)c1. The van der Waals surface area contributed by atoms with Crippen LogP contribution in [0.4, 0.5) is 0 Å². The van der Waals surface area contributed by atoms with Gasteiger partial charge in [-0.3, -0.25) is 9.88 Å². The van der Waals surface area contributed by atoms with Gasteiger partial charge in [-0.05, 0) is 31.1 Å². The molecule has 1 aliphatic heterocycles. The van der Waals surface area contributed by atoms with E-state index < -0.39 is 0 Å². The highest BCUT2D eigenvalue weighted by molar-refractivity contribution is 5.08. The fourth-order valence-electron chi connectivity index (χ4n) is 1.81. The summed E-state index contributed by atoms with van der Waals surface area (Å²) in [7, 11) is 0. The highest BCUT2D eigenvalue weighted by Gasteiger charge is 2.08. The lowest BCUT2D eigenvalue weighted by molar-refractivity contribution is 0.284. The number of hydrogen-bond acceptors (Lipinski definition) is 3. The molecule has 1 aromatic heterocycles. The second kappa shape index (κ2) is 5.08. The minimum absolute atomic E-state index is 1.04. The molecule has 1 fully saturated rings. The largest absolute Gasteiger partial charge is 0.315 e. The molecule has 1 N–H and O–H groups in total. The molecule has 76 valence electrons. The average molecular weight is 191 g/mol. The van der Waals surface area contributed by atoms with Crippen molar-refractivity contribution in [3.8, 4) is 0 Å². The summed E-state index contributed by atoms with van der Waals surface area (Å²) in [6.07, 6.45) is 5.03. The van der Waals surface area contributed by atoms with Crippen LogP contribution in [0.5, 0.6) is 0 Å². The Morgan fingerprint density at radius 2 is 2.36 bits per heavy atom. The number of pyridine rings is 1. The zero-order valence-corrected chi connectivity index (χ0v) is 8.45. The van der Waals surface area contributed by atoms with Crippen LogP contribution in [-0.2, 0) is 6.54 Å². The van der Waals surface area contributed by atoms with Crippen LogP contribution >= 0.6 is 0 Å². The molecule has 0 radical (unpaired) electrons. The first kappa shape index (κ1) is 9.62. The van der Waals surface area contributed by atoms with E-state index in [1.807, 2.05) is 18.5 Å². The Hall–Kier alpha value is -0.930. The third-order valence-electron chi connectivity index (χ3n) is 2.56. The number of nitrogens with zero attached hydrogens (tertiary/aromatic N) is 2. The second-order valence-corrected chi connectivity index (χ2v) is 3.74. The Balaban J connectivity index is 1.90. The highest BCUT2D eigenvalue weighted by Crippen LogP contribution is 2.04. The first-order valence-electron chi connectivity index (χ1n) is 5.27. The van der Waals surface area contributed by atoms with E-state index in [1.54, 1.807) is 0 Å². The molecule has 0 aromatic carbocycles. The van der Waals surface area contributed by atoms with E-state index in [1.165, 1.54) is 18.5 Å². The van der Waals surface area contributed by atoms with Gasteiger partial charge in [0.1, 0.15) is 0 Å². The number of nitrogens with one attached hydrogen (secondary N) is 1. The normalized spacial score (nSPS) is 19.1. The van der Waals surface area contributed by atoms with Crippen molar-refractivity contribution in [2.75, 3.05) is 26.2 Å². The van der Waals surface area contributed by atoms with Gasteiger partial charge in [0.15, 0.2) is 0 Å². The van der Waals surface area contributed by atoms with Crippen LogP contribution in [0, 0.1) is 0 Å². The second-order valence-electron chi connectivity index (χ2n) is 3.74. The Labute approximate surface area is 85.1 Å². The van der Waals surface area contributed by atoms with Gasteiger partial charge < -0.3 is 5.32 Å². The molecule has 14 heavy (non-hydrogen) atoms. The van der Waals surface area contributed by atoms with E-state index >= 15 is 0 Å². The number of rotatable bonds is 2. The zero-order chi connectivity index (χ0) is 9.64. The molecule has 0 bridgehead atoms. The predicted octanol–water partition coefficient (Wildman–Crippen LogP) is 0.877. The van der Waals surface area contributed by atoms with E-state index in [-0.39, 0.29) is 0 Å². The molecular weight excluding hydrogens is 174 g/mol. The summed E-state index contributed by atoms with van der Waals surface area (Å²) in [5, 5.41) is 3.41. The van der Waals surface area contributed by atoms with Gasteiger partial charge in [0.25, 0.3) is 0 Å². The van der Waals surface area contributed by atoms with Crippen LogP contribution in [-0.4, -0.2) is 36.1 Å². The summed E-state index contributed by atoms with van der Waals surface area (Å²) in [5.41, 5.74) is 1.31. The first-order chi connectivity index (χ1) is 6.95. The van der Waals surface area contributed by atoms with Crippen LogP contribution in [0.3, 0.4) is 0 Å². The van der Waals surface area contributed by atoms with E-state index in [0.717, 1.165) is 26.2 Å². The van der Waals surface area contributed by atoms with Gasteiger partial charge in [-0.2, -0.15) is 0 Å². The Bertz CT molecular complexity index is 252.